The van der Waals surface area contributed by atoms with Gasteiger partial charge in [0.25, 0.3) is 5.91 Å². The lowest BCUT2D eigenvalue weighted by atomic mass is 9.95. The van der Waals surface area contributed by atoms with Crippen LogP contribution in [0.1, 0.15) is 48.3 Å². The van der Waals surface area contributed by atoms with Crippen LogP contribution in [0.15, 0.2) is 24.9 Å². The van der Waals surface area contributed by atoms with Crippen molar-refractivity contribution in [2.75, 3.05) is 0 Å². The molecule has 0 bridgehead atoms. The third kappa shape index (κ3) is 3.26. The molecule has 21 heavy (non-hydrogen) atoms. The molecule has 2 aromatic rings. The summed E-state index contributed by atoms with van der Waals surface area (Å²) in [5.74, 6) is 0.458. The number of hydrogen-bond donors (Lipinski definition) is 1. The topological polar surface area (TPSA) is 72.7 Å². The molecule has 6 heteroatoms. The highest BCUT2D eigenvalue weighted by Gasteiger charge is 2.18. The zero-order chi connectivity index (χ0) is 14.7. The first-order valence-electron chi connectivity index (χ1n) is 7.36. The largest absolute Gasteiger partial charge is 0.348 e. The number of imidazole rings is 1. The van der Waals surface area contributed by atoms with Crippen LogP contribution in [0.4, 0.5) is 0 Å². The Morgan fingerprint density at radius 1 is 1.29 bits per heavy atom. The Hall–Kier alpha value is -2.24. The fourth-order valence-corrected chi connectivity index (χ4v) is 2.64. The summed E-state index contributed by atoms with van der Waals surface area (Å²) in [6.07, 6.45) is 12.4. The summed E-state index contributed by atoms with van der Waals surface area (Å²) in [5, 5.41) is 3.05. The Labute approximate surface area is 123 Å². The Kier molecular flexibility index (Phi) is 3.94. The monoisotopic (exact) mass is 285 g/mol. The number of aryl methyl sites for hydroxylation is 1. The highest BCUT2D eigenvalue weighted by molar-refractivity contribution is 5.92. The molecule has 1 amide bonds. The summed E-state index contributed by atoms with van der Waals surface area (Å²) in [5.41, 5.74) is 1.25. The van der Waals surface area contributed by atoms with Crippen molar-refractivity contribution in [2.45, 2.75) is 45.1 Å². The lowest BCUT2D eigenvalue weighted by Crippen LogP contribution is -2.36. The van der Waals surface area contributed by atoms with Crippen LogP contribution in [0.25, 0.3) is 5.82 Å². The molecule has 0 atom stereocenters. The number of hydrogen-bond acceptors (Lipinski definition) is 4. The summed E-state index contributed by atoms with van der Waals surface area (Å²) in [6, 6.07) is 0.271. The van der Waals surface area contributed by atoms with Crippen molar-refractivity contribution < 1.29 is 4.79 Å². The minimum atomic E-state index is -0.145. The number of aromatic nitrogens is 4. The molecular weight excluding hydrogens is 266 g/mol. The first kappa shape index (κ1) is 13.7. The summed E-state index contributed by atoms with van der Waals surface area (Å²) in [7, 11) is 0. The van der Waals surface area contributed by atoms with Gasteiger partial charge in [0, 0.05) is 12.2 Å². The van der Waals surface area contributed by atoms with Crippen LogP contribution in [0.5, 0.6) is 0 Å². The Balaban J connectivity index is 1.74. The summed E-state index contributed by atoms with van der Waals surface area (Å²) >= 11 is 0. The van der Waals surface area contributed by atoms with Crippen molar-refractivity contribution in [3.63, 3.8) is 0 Å². The van der Waals surface area contributed by atoms with E-state index in [0.29, 0.717) is 11.5 Å². The van der Waals surface area contributed by atoms with E-state index in [1.165, 1.54) is 25.5 Å². The van der Waals surface area contributed by atoms with E-state index in [-0.39, 0.29) is 11.9 Å². The van der Waals surface area contributed by atoms with Crippen molar-refractivity contribution >= 4 is 5.91 Å². The van der Waals surface area contributed by atoms with Gasteiger partial charge in [-0.1, -0.05) is 19.3 Å². The lowest BCUT2D eigenvalue weighted by Gasteiger charge is -2.22. The van der Waals surface area contributed by atoms with Crippen molar-refractivity contribution in [1.82, 2.24) is 24.8 Å². The number of nitrogens with one attached hydrogen (secondary N) is 1. The zero-order valence-electron chi connectivity index (χ0n) is 12.1. The second-order valence-corrected chi connectivity index (χ2v) is 5.49. The highest BCUT2D eigenvalue weighted by Crippen LogP contribution is 2.17. The van der Waals surface area contributed by atoms with Crippen LogP contribution in [0.3, 0.4) is 0 Å². The second kappa shape index (κ2) is 6.03. The predicted molar refractivity (Wildman–Crippen MR) is 78.2 cm³/mol. The molecule has 1 fully saturated rings. The first-order chi connectivity index (χ1) is 10.2. The molecule has 2 heterocycles. The molecule has 1 N–H and O–H groups in total. The van der Waals surface area contributed by atoms with Gasteiger partial charge in [0.15, 0.2) is 5.82 Å². The van der Waals surface area contributed by atoms with E-state index < -0.39 is 0 Å². The highest BCUT2D eigenvalue weighted by atomic mass is 16.1. The number of rotatable bonds is 3. The Morgan fingerprint density at radius 3 is 2.81 bits per heavy atom. The van der Waals surface area contributed by atoms with Gasteiger partial charge in [0.1, 0.15) is 12.0 Å². The Bertz CT molecular complexity index is 630. The van der Waals surface area contributed by atoms with Crippen molar-refractivity contribution in [1.29, 1.82) is 0 Å². The fraction of sp³-hybridized carbons (Fsp3) is 0.467. The normalized spacial score (nSPS) is 15.9. The van der Waals surface area contributed by atoms with E-state index in [4.69, 9.17) is 0 Å². The van der Waals surface area contributed by atoms with Crippen molar-refractivity contribution in [3.8, 4) is 5.82 Å². The molecule has 1 aliphatic carbocycles. The van der Waals surface area contributed by atoms with E-state index >= 15 is 0 Å². The molecular formula is C15H19N5O. The quantitative estimate of drug-likeness (QED) is 0.936. The van der Waals surface area contributed by atoms with E-state index in [1.807, 2.05) is 13.1 Å². The van der Waals surface area contributed by atoms with Gasteiger partial charge < -0.3 is 5.32 Å². The van der Waals surface area contributed by atoms with Crippen LogP contribution >= 0.6 is 0 Å². The minimum absolute atomic E-state index is 0.145. The molecule has 0 saturated heterocycles. The smallest absolute Gasteiger partial charge is 0.271 e. The van der Waals surface area contributed by atoms with E-state index in [1.54, 1.807) is 17.1 Å². The van der Waals surface area contributed by atoms with E-state index in [2.05, 4.69) is 20.3 Å². The van der Waals surface area contributed by atoms with Crippen LogP contribution in [0, 0.1) is 6.92 Å². The summed E-state index contributed by atoms with van der Waals surface area (Å²) in [6.45, 7) is 1.91. The van der Waals surface area contributed by atoms with Gasteiger partial charge in [-0.05, 0) is 19.8 Å². The average molecular weight is 285 g/mol. The third-order valence-corrected chi connectivity index (χ3v) is 3.77. The molecule has 0 aliphatic heterocycles. The van der Waals surface area contributed by atoms with Gasteiger partial charge >= 0.3 is 0 Å². The van der Waals surface area contributed by atoms with Crippen molar-refractivity contribution in [2.24, 2.45) is 0 Å². The molecule has 0 spiro atoms. The molecule has 0 unspecified atom stereocenters. The molecule has 1 saturated carbocycles. The van der Waals surface area contributed by atoms with E-state index in [9.17, 15) is 4.79 Å². The van der Waals surface area contributed by atoms with Gasteiger partial charge in [0.05, 0.1) is 18.1 Å². The standard InChI is InChI=1S/C15H19N5O/c1-11-9-20(10-17-11)14-8-16-7-13(19-14)15(21)18-12-5-3-2-4-6-12/h7-10,12H,2-6H2,1H3,(H,18,21). The molecule has 6 nitrogen and oxygen atoms in total. The maximum absolute atomic E-state index is 12.3. The number of amides is 1. The molecule has 2 aromatic heterocycles. The van der Waals surface area contributed by atoms with Gasteiger partial charge in [0.2, 0.25) is 0 Å². The average Bonchev–Trinajstić information content (AvgIpc) is 2.95. The molecule has 3 rings (SSSR count). The van der Waals surface area contributed by atoms with Crippen LogP contribution in [-0.4, -0.2) is 31.5 Å². The summed E-state index contributed by atoms with van der Waals surface area (Å²) in [4.78, 5) is 24.9. The van der Waals surface area contributed by atoms with Crippen molar-refractivity contribution in [3.05, 3.63) is 36.3 Å². The molecule has 0 radical (unpaired) electrons. The fourth-order valence-electron chi connectivity index (χ4n) is 2.64. The number of carbonyl (C=O) groups is 1. The Morgan fingerprint density at radius 2 is 2.10 bits per heavy atom. The maximum Gasteiger partial charge on any atom is 0.271 e. The third-order valence-electron chi connectivity index (χ3n) is 3.77. The SMILES string of the molecule is Cc1cn(-c2cncc(C(=O)NC3CCCCC3)n2)cn1. The predicted octanol–water partition coefficient (Wildman–Crippen LogP) is 2.03. The summed E-state index contributed by atoms with van der Waals surface area (Å²) < 4.78 is 1.76. The van der Waals surface area contributed by atoms with Gasteiger partial charge in [-0.2, -0.15) is 0 Å². The second-order valence-electron chi connectivity index (χ2n) is 5.49. The van der Waals surface area contributed by atoms with Gasteiger partial charge in [-0.3, -0.25) is 14.3 Å². The first-order valence-corrected chi connectivity index (χ1v) is 7.36. The van der Waals surface area contributed by atoms with Gasteiger partial charge in [-0.15, -0.1) is 0 Å². The molecule has 1 aliphatic rings. The van der Waals surface area contributed by atoms with Crippen LogP contribution < -0.4 is 5.32 Å². The number of carbonyl (C=O) groups excluding carboxylic acids is 1. The van der Waals surface area contributed by atoms with Crippen LogP contribution in [0.2, 0.25) is 0 Å². The zero-order valence-corrected chi connectivity index (χ0v) is 12.1. The molecule has 0 aromatic carbocycles. The van der Waals surface area contributed by atoms with Gasteiger partial charge in [-0.25, -0.2) is 9.97 Å². The number of nitrogens with zero attached hydrogens (tertiary/aromatic N) is 4. The minimum Gasteiger partial charge on any atom is -0.348 e. The van der Waals surface area contributed by atoms with E-state index in [0.717, 1.165) is 18.5 Å². The lowest BCUT2D eigenvalue weighted by molar-refractivity contribution is 0.0922. The molecule has 110 valence electrons. The maximum atomic E-state index is 12.3. The van der Waals surface area contributed by atoms with Crippen LogP contribution in [-0.2, 0) is 0 Å².